The molecule has 100 valence electrons. The molecule has 6 heteroatoms. The molecule has 0 spiro atoms. The first-order valence-electron chi connectivity index (χ1n) is 5.79. The standard InChI is InChI=1S/C13H14N2O4/c16-9-15(7-10-4-2-1-3-5-10)8-11-6-12(19-18)14-13(11)17/h1-5,8-9,12,18H,6-7H2,(H,14,17). The van der Waals surface area contributed by atoms with Gasteiger partial charge in [0.1, 0.15) is 0 Å². The molecular weight excluding hydrogens is 248 g/mol. The Hall–Kier alpha value is -2.18. The van der Waals surface area contributed by atoms with Crippen molar-refractivity contribution in [2.24, 2.45) is 0 Å². The maximum atomic E-state index is 11.5. The fraction of sp³-hybridized carbons (Fsp3) is 0.231. The van der Waals surface area contributed by atoms with Gasteiger partial charge >= 0.3 is 0 Å². The lowest BCUT2D eigenvalue weighted by Crippen LogP contribution is -2.27. The number of hydrogen-bond donors (Lipinski definition) is 2. The van der Waals surface area contributed by atoms with E-state index in [1.165, 1.54) is 11.1 Å². The van der Waals surface area contributed by atoms with Crippen molar-refractivity contribution in [1.29, 1.82) is 0 Å². The zero-order valence-electron chi connectivity index (χ0n) is 10.2. The van der Waals surface area contributed by atoms with E-state index < -0.39 is 6.23 Å². The summed E-state index contributed by atoms with van der Waals surface area (Å²) in [5.41, 5.74) is 1.35. The van der Waals surface area contributed by atoms with E-state index in [9.17, 15) is 9.59 Å². The lowest BCUT2D eigenvalue weighted by atomic mass is 10.2. The van der Waals surface area contributed by atoms with Gasteiger partial charge in [0.25, 0.3) is 5.91 Å². The molecule has 2 N–H and O–H groups in total. The Morgan fingerprint density at radius 2 is 2.16 bits per heavy atom. The van der Waals surface area contributed by atoms with Crippen LogP contribution in [0.3, 0.4) is 0 Å². The summed E-state index contributed by atoms with van der Waals surface area (Å²) in [4.78, 5) is 28.0. The van der Waals surface area contributed by atoms with Crippen LogP contribution >= 0.6 is 0 Å². The number of amides is 2. The molecule has 0 bridgehead atoms. The van der Waals surface area contributed by atoms with E-state index in [1.54, 1.807) is 0 Å². The normalized spacial score (nSPS) is 20.4. The minimum Gasteiger partial charge on any atom is -0.324 e. The maximum absolute atomic E-state index is 11.5. The average Bonchev–Trinajstić information content (AvgIpc) is 2.80. The summed E-state index contributed by atoms with van der Waals surface area (Å²) in [6.07, 6.45) is 1.59. The summed E-state index contributed by atoms with van der Waals surface area (Å²) in [5, 5.41) is 10.9. The Labute approximate surface area is 110 Å². The van der Waals surface area contributed by atoms with Gasteiger partial charge in [0.15, 0.2) is 6.23 Å². The van der Waals surface area contributed by atoms with Crippen LogP contribution in [0.25, 0.3) is 0 Å². The van der Waals surface area contributed by atoms with Gasteiger partial charge in [0.2, 0.25) is 6.41 Å². The van der Waals surface area contributed by atoms with Crippen LogP contribution in [0, 0.1) is 0 Å². The Bertz CT molecular complexity index is 487. The van der Waals surface area contributed by atoms with Crippen molar-refractivity contribution in [1.82, 2.24) is 10.2 Å². The van der Waals surface area contributed by atoms with Gasteiger partial charge in [-0.15, -0.1) is 0 Å². The molecule has 1 heterocycles. The maximum Gasteiger partial charge on any atom is 0.250 e. The molecule has 0 saturated carbocycles. The summed E-state index contributed by atoms with van der Waals surface area (Å²) in [6.45, 7) is 0.381. The number of nitrogens with one attached hydrogen (secondary N) is 1. The molecule has 1 aliphatic heterocycles. The summed E-state index contributed by atoms with van der Waals surface area (Å²) in [7, 11) is 0. The van der Waals surface area contributed by atoms with Gasteiger partial charge in [-0.3, -0.25) is 9.59 Å². The summed E-state index contributed by atoms with van der Waals surface area (Å²) in [6, 6.07) is 9.43. The Morgan fingerprint density at radius 1 is 1.42 bits per heavy atom. The Morgan fingerprint density at radius 3 is 2.74 bits per heavy atom. The fourth-order valence-electron chi connectivity index (χ4n) is 1.87. The van der Waals surface area contributed by atoms with Gasteiger partial charge < -0.3 is 10.2 Å². The third kappa shape index (κ3) is 3.40. The molecule has 1 atom stereocenters. The molecule has 1 unspecified atom stereocenters. The molecule has 1 aromatic rings. The SMILES string of the molecule is O=CN(C=C1CC(OO)NC1=O)Cc1ccccc1. The lowest BCUT2D eigenvalue weighted by molar-refractivity contribution is -0.280. The van der Waals surface area contributed by atoms with Crippen molar-refractivity contribution in [3.63, 3.8) is 0 Å². The number of benzene rings is 1. The van der Waals surface area contributed by atoms with Gasteiger partial charge in [-0.05, 0) is 5.56 Å². The molecule has 19 heavy (non-hydrogen) atoms. The molecule has 1 saturated heterocycles. The van der Waals surface area contributed by atoms with Gasteiger partial charge in [-0.25, -0.2) is 10.1 Å². The van der Waals surface area contributed by atoms with E-state index in [0.29, 0.717) is 18.5 Å². The van der Waals surface area contributed by atoms with E-state index in [4.69, 9.17) is 5.26 Å². The molecule has 2 rings (SSSR count). The van der Waals surface area contributed by atoms with Crippen molar-refractivity contribution in [3.05, 3.63) is 47.7 Å². The molecule has 2 amide bonds. The molecule has 1 aliphatic rings. The van der Waals surface area contributed by atoms with Crippen molar-refractivity contribution >= 4 is 12.3 Å². The van der Waals surface area contributed by atoms with Crippen LogP contribution in [-0.2, 0) is 21.0 Å². The topological polar surface area (TPSA) is 78.9 Å². The highest BCUT2D eigenvalue weighted by molar-refractivity contribution is 5.95. The predicted molar refractivity (Wildman–Crippen MR) is 66.4 cm³/mol. The van der Waals surface area contributed by atoms with Crippen LogP contribution in [-0.4, -0.2) is 28.7 Å². The van der Waals surface area contributed by atoms with Gasteiger partial charge in [-0.1, -0.05) is 30.3 Å². The smallest absolute Gasteiger partial charge is 0.250 e. The van der Waals surface area contributed by atoms with Crippen molar-refractivity contribution in [2.45, 2.75) is 19.2 Å². The highest BCUT2D eigenvalue weighted by Crippen LogP contribution is 2.16. The largest absolute Gasteiger partial charge is 0.324 e. The minimum atomic E-state index is -0.746. The lowest BCUT2D eigenvalue weighted by Gasteiger charge is -2.13. The third-order valence-corrected chi connectivity index (χ3v) is 2.78. The molecule has 0 radical (unpaired) electrons. The van der Waals surface area contributed by atoms with E-state index >= 15 is 0 Å². The van der Waals surface area contributed by atoms with Crippen molar-refractivity contribution < 1.29 is 19.7 Å². The summed E-state index contributed by atoms with van der Waals surface area (Å²) < 4.78 is 0. The monoisotopic (exact) mass is 262 g/mol. The predicted octanol–water partition coefficient (Wildman–Crippen LogP) is 0.864. The number of rotatable bonds is 5. The summed E-state index contributed by atoms with van der Waals surface area (Å²) in [5.74, 6) is -0.348. The Kier molecular flexibility index (Phi) is 4.27. The molecule has 0 aliphatic carbocycles. The van der Waals surface area contributed by atoms with E-state index in [1.807, 2.05) is 30.3 Å². The molecule has 6 nitrogen and oxygen atoms in total. The average molecular weight is 262 g/mol. The van der Waals surface area contributed by atoms with Crippen molar-refractivity contribution in [3.8, 4) is 0 Å². The second-order valence-corrected chi connectivity index (χ2v) is 4.19. The Balaban J connectivity index is 2.07. The third-order valence-electron chi connectivity index (χ3n) is 2.78. The first-order chi connectivity index (χ1) is 9.22. The zero-order valence-corrected chi connectivity index (χ0v) is 10.2. The van der Waals surface area contributed by atoms with Crippen LogP contribution in [0.2, 0.25) is 0 Å². The molecule has 1 aromatic carbocycles. The second-order valence-electron chi connectivity index (χ2n) is 4.19. The number of nitrogens with zero attached hydrogens (tertiary/aromatic N) is 1. The zero-order chi connectivity index (χ0) is 13.7. The van der Waals surface area contributed by atoms with Gasteiger partial charge in [0.05, 0.1) is 0 Å². The number of carbonyl (C=O) groups excluding carboxylic acids is 2. The van der Waals surface area contributed by atoms with Crippen LogP contribution in [0.5, 0.6) is 0 Å². The summed E-state index contributed by atoms with van der Waals surface area (Å²) >= 11 is 0. The van der Waals surface area contributed by atoms with Gasteiger partial charge in [-0.2, -0.15) is 0 Å². The van der Waals surface area contributed by atoms with Crippen LogP contribution in [0.4, 0.5) is 0 Å². The number of carbonyl (C=O) groups is 2. The molecular formula is C13H14N2O4. The second kappa shape index (κ2) is 6.12. The van der Waals surface area contributed by atoms with Crippen molar-refractivity contribution in [2.75, 3.05) is 0 Å². The molecule has 1 fully saturated rings. The highest BCUT2D eigenvalue weighted by atomic mass is 17.1. The van der Waals surface area contributed by atoms with Crippen LogP contribution < -0.4 is 5.32 Å². The first-order valence-corrected chi connectivity index (χ1v) is 5.79. The van der Waals surface area contributed by atoms with Crippen LogP contribution in [0.1, 0.15) is 12.0 Å². The fourth-order valence-corrected chi connectivity index (χ4v) is 1.87. The quantitative estimate of drug-likeness (QED) is 0.357. The van der Waals surface area contributed by atoms with Gasteiger partial charge in [0, 0.05) is 24.7 Å². The van der Waals surface area contributed by atoms with E-state index in [2.05, 4.69) is 10.2 Å². The van der Waals surface area contributed by atoms with E-state index in [0.717, 1.165) is 5.56 Å². The van der Waals surface area contributed by atoms with E-state index in [-0.39, 0.29) is 12.3 Å². The first kappa shape index (κ1) is 13.3. The minimum absolute atomic E-state index is 0.217. The highest BCUT2D eigenvalue weighted by Gasteiger charge is 2.27. The molecule has 0 aromatic heterocycles. The van der Waals surface area contributed by atoms with Crippen LogP contribution in [0.15, 0.2) is 42.1 Å². The number of hydrogen-bond acceptors (Lipinski definition) is 4.